The Labute approximate surface area is 161 Å². The molecule has 0 aliphatic heterocycles. The fourth-order valence-corrected chi connectivity index (χ4v) is 4.45. The van der Waals surface area contributed by atoms with Crippen LogP contribution in [0.5, 0.6) is 0 Å². The molecule has 0 saturated heterocycles. The van der Waals surface area contributed by atoms with Crippen LogP contribution < -0.4 is 0 Å². The van der Waals surface area contributed by atoms with Gasteiger partial charge in [0.1, 0.15) is 11.9 Å². The van der Waals surface area contributed by atoms with Crippen LogP contribution in [0.4, 0.5) is 0 Å². The summed E-state index contributed by atoms with van der Waals surface area (Å²) in [5.74, 6) is 0.922. The lowest BCUT2D eigenvalue weighted by Crippen LogP contribution is -2.32. The number of ketones is 2. The first-order chi connectivity index (χ1) is 12.8. The molecule has 27 heavy (non-hydrogen) atoms. The monoisotopic (exact) mass is 364 g/mol. The Morgan fingerprint density at radius 2 is 1.56 bits per heavy atom. The highest BCUT2D eigenvalue weighted by Gasteiger charge is 2.61. The average Bonchev–Trinajstić information content (AvgIpc) is 3.02. The van der Waals surface area contributed by atoms with E-state index in [1.807, 2.05) is 12.1 Å². The van der Waals surface area contributed by atoms with Crippen molar-refractivity contribution in [3.05, 3.63) is 71.8 Å². The van der Waals surface area contributed by atoms with Crippen LogP contribution in [0.25, 0.3) is 0 Å². The lowest BCUT2D eigenvalue weighted by Gasteiger charge is -2.32. The van der Waals surface area contributed by atoms with Crippen molar-refractivity contribution in [3.63, 3.8) is 0 Å². The van der Waals surface area contributed by atoms with E-state index in [0.717, 1.165) is 12.8 Å². The molecule has 2 aromatic carbocycles. The molecule has 3 heteroatoms. The summed E-state index contributed by atoms with van der Waals surface area (Å²) in [6.45, 7) is 6.67. The third kappa shape index (κ3) is 3.49. The van der Waals surface area contributed by atoms with Gasteiger partial charge in [0.15, 0.2) is 5.78 Å². The molecule has 1 N–H and O–H groups in total. The summed E-state index contributed by atoms with van der Waals surface area (Å²) in [4.78, 5) is 23.5. The first kappa shape index (κ1) is 19.5. The van der Waals surface area contributed by atoms with E-state index in [9.17, 15) is 14.7 Å². The van der Waals surface area contributed by atoms with Crippen molar-refractivity contribution in [1.82, 2.24) is 0 Å². The van der Waals surface area contributed by atoms with Gasteiger partial charge in [-0.15, -0.1) is 0 Å². The van der Waals surface area contributed by atoms with E-state index in [1.165, 1.54) is 6.42 Å². The van der Waals surface area contributed by atoms with Gasteiger partial charge < -0.3 is 5.11 Å². The first-order valence-corrected chi connectivity index (χ1v) is 9.63. The van der Waals surface area contributed by atoms with Gasteiger partial charge in [0, 0.05) is 17.4 Å². The number of hydrogen-bond acceptors (Lipinski definition) is 3. The van der Waals surface area contributed by atoms with Crippen molar-refractivity contribution in [2.45, 2.75) is 46.1 Å². The summed E-state index contributed by atoms with van der Waals surface area (Å²) in [5.41, 5.74) is 1.46. The van der Waals surface area contributed by atoms with Gasteiger partial charge in [-0.2, -0.15) is 0 Å². The molecule has 4 rings (SSSR count). The van der Waals surface area contributed by atoms with Crippen LogP contribution in [0.2, 0.25) is 0 Å². The standard InChI is InChI=1S/C14H12O2.C10H16O/c15-13(11-7-3-1-4-8-11)14(16)12-9-5-2-6-10-12;1-9(2)7-4-5-10(9,3)8(11)6-7/h1-10,13,15H;7H,4-6H2,1-3H3. The Bertz CT molecular complexity index is 810. The number of aliphatic hydroxyl groups is 1. The molecule has 3 atom stereocenters. The predicted octanol–water partition coefficient (Wildman–Crippen LogP) is 5.00. The van der Waals surface area contributed by atoms with E-state index < -0.39 is 6.10 Å². The number of fused-ring (bicyclic) bond motifs is 2. The molecule has 2 fully saturated rings. The minimum atomic E-state index is -1.08. The van der Waals surface area contributed by atoms with Gasteiger partial charge in [-0.25, -0.2) is 0 Å². The quantitative estimate of drug-likeness (QED) is 0.779. The first-order valence-electron chi connectivity index (χ1n) is 9.63. The zero-order chi connectivity index (χ0) is 19.7. The zero-order valence-electron chi connectivity index (χ0n) is 16.3. The second kappa shape index (κ2) is 7.40. The van der Waals surface area contributed by atoms with Gasteiger partial charge in [0.2, 0.25) is 0 Å². The number of hydrogen-bond donors (Lipinski definition) is 1. The van der Waals surface area contributed by atoms with E-state index in [1.54, 1.807) is 48.5 Å². The largest absolute Gasteiger partial charge is 0.380 e. The van der Waals surface area contributed by atoms with E-state index in [0.29, 0.717) is 22.8 Å². The molecule has 2 aliphatic carbocycles. The van der Waals surface area contributed by atoms with E-state index >= 15 is 0 Å². The van der Waals surface area contributed by atoms with Gasteiger partial charge in [-0.05, 0) is 29.7 Å². The average molecular weight is 364 g/mol. The molecule has 0 heterocycles. The molecule has 3 nitrogen and oxygen atoms in total. The molecule has 0 radical (unpaired) electrons. The molecule has 142 valence electrons. The van der Waals surface area contributed by atoms with Crippen LogP contribution >= 0.6 is 0 Å². The molecule has 0 aromatic heterocycles. The Hall–Kier alpha value is -2.26. The maximum absolute atomic E-state index is 11.9. The molecule has 2 saturated carbocycles. The number of carbonyl (C=O) groups is 2. The second-order valence-corrected chi connectivity index (χ2v) is 8.46. The van der Waals surface area contributed by atoms with Gasteiger partial charge in [-0.3, -0.25) is 9.59 Å². The summed E-state index contributed by atoms with van der Waals surface area (Å²) >= 11 is 0. The fourth-order valence-electron chi connectivity index (χ4n) is 4.45. The predicted molar refractivity (Wildman–Crippen MR) is 106 cm³/mol. The van der Waals surface area contributed by atoms with Crippen LogP contribution in [-0.4, -0.2) is 16.7 Å². The zero-order valence-corrected chi connectivity index (χ0v) is 16.3. The number of benzene rings is 2. The van der Waals surface area contributed by atoms with Crippen molar-refractivity contribution >= 4 is 11.6 Å². The lowest BCUT2D eigenvalue weighted by atomic mass is 9.70. The minimum Gasteiger partial charge on any atom is -0.380 e. The molecule has 2 aromatic rings. The summed E-state index contributed by atoms with van der Waals surface area (Å²) in [7, 11) is 0. The SMILES string of the molecule is CC12CCC(CC1=O)C2(C)C.O=C(c1ccccc1)C(O)c1ccccc1. The normalized spacial score (nSPS) is 26.2. The highest BCUT2D eigenvalue weighted by atomic mass is 16.3. The molecule has 2 bridgehead atoms. The van der Waals surface area contributed by atoms with Crippen molar-refractivity contribution in [2.24, 2.45) is 16.7 Å². The van der Waals surface area contributed by atoms with E-state index in [2.05, 4.69) is 20.8 Å². The van der Waals surface area contributed by atoms with Crippen molar-refractivity contribution in [2.75, 3.05) is 0 Å². The van der Waals surface area contributed by atoms with E-state index in [-0.39, 0.29) is 16.6 Å². The molecule has 2 aliphatic rings. The third-order valence-corrected chi connectivity index (χ3v) is 6.90. The lowest BCUT2D eigenvalue weighted by molar-refractivity contribution is -0.128. The molecular weight excluding hydrogens is 336 g/mol. The van der Waals surface area contributed by atoms with Crippen LogP contribution in [-0.2, 0) is 4.79 Å². The Morgan fingerprint density at radius 3 is 1.96 bits per heavy atom. The maximum atomic E-state index is 11.9. The van der Waals surface area contributed by atoms with Crippen LogP contribution in [0, 0.1) is 16.7 Å². The van der Waals surface area contributed by atoms with Crippen molar-refractivity contribution in [3.8, 4) is 0 Å². The summed E-state index contributed by atoms with van der Waals surface area (Å²) in [6, 6.07) is 17.7. The molecule has 3 unspecified atom stereocenters. The van der Waals surface area contributed by atoms with E-state index in [4.69, 9.17) is 0 Å². The minimum absolute atomic E-state index is 0.0255. The number of rotatable bonds is 3. The fraction of sp³-hybridized carbons (Fsp3) is 0.417. The van der Waals surface area contributed by atoms with Gasteiger partial charge >= 0.3 is 0 Å². The molecule has 0 amide bonds. The summed E-state index contributed by atoms with van der Waals surface area (Å²) in [6.07, 6.45) is 2.17. The van der Waals surface area contributed by atoms with Crippen LogP contribution in [0.1, 0.15) is 62.1 Å². The summed E-state index contributed by atoms with van der Waals surface area (Å²) in [5, 5.41) is 9.89. The van der Waals surface area contributed by atoms with Gasteiger partial charge in [0.05, 0.1) is 0 Å². The van der Waals surface area contributed by atoms with Crippen molar-refractivity contribution in [1.29, 1.82) is 0 Å². The number of aliphatic hydroxyl groups excluding tert-OH is 1. The van der Waals surface area contributed by atoms with Gasteiger partial charge in [0.25, 0.3) is 0 Å². The molecule has 0 spiro atoms. The Balaban J connectivity index is 0.000000166. The number of carbonyl (C=O) groups excluding carboxylic acids is 2. The van der Waals surface area contributed by atoms with Crippen molar-refractivity contribution < 1.29 is 14.7 Å². The van der Waals surface area contributed by atoms with Crippen LogP contribution in [0.15, 0.2) is 60.7 Å². The number of Topliss-reactive ketones (excluding diaryl/α,β-unsaturated/α-hetero) is 2. The highest BCUT2D eigenvalue weighted by Crippen LogP contribution is 2.63. The Kier molecular flexibility index (Phi) is 5.34. The Morgan fingerprint density at radius 1 is 1.00 bits per heavy atom. The second-order valence-electron chi connectivity index (χ2n) is 8.46. The maximum Gasteiger partial charge on any atom is 0.195 e. The summed E-state index contributed by atoms with van der Waals surface area (Å²) < 4.78 is 0. The third-order valence-electron chi connectivity index (χ3n) is 6.90. The molecular formula is C24H28O3. The smallest absolute Gasteiger partial charge is 0.195 e. The topological polar surface area (TPSA) is 54.4 Å². The van der Waals surface area contributed by atoms with Crippen LogP contribution in [0.3, 0.4) is 0 Å². The van der Waals surface area contributed by atoms with Gasteiger partial charge in [-0.1, -0.05) is 81.4 Å². The highest BCUT2D eigenvalue weighted by molar-refractivity contribution is 5.99.